The lowest BCUT2D eigenvalue weighted by Gasteiger charge is -2.13. The minimum Gasteiger partial charge on any atom is -0.355 e. The van der Waals surface area contributed by atoms with Crippen molar-refractivity contribution in [2.45, 2.75) is 45.7 Å². The average molecular weight is 306 g/mol. The largest absolute Gasteiger partial charge is 0.355 e. The van der Waals surface area contributed by atoms with E-state index in [2.05, 4.69) is 17.2 Å². The molecule has 5 nitrogen and oxygen atoms in total. The second kappa shape index (κ2) is 7.35. The van der Waals surface area contributed by atoms with Crippen LogP contribution in [0.3, 0.4) is 0 Å². The second-order valence-corrected chi connectivity index (χ2v) is 5.41. The summed E-state index contributed by atoms with van der Waals surface area (Å²) in [7, 11) is 0. The number of unbranched alkanes of at least 4 members (excludes halogenated alkanes) is 1. The van der Waals surface area contributed by atoms with Gasteiger partial charge in [-0.2, -0.15) is 0 Å². The highest BCUT2D eigenvalue weighted by atomic mass is 19.1. The molecule has 1 aromatic heterocycles. The molecule has 1 aromatic carbocycles. The van der Waals surface area contributed by atoms with Crippen LogP contribution in [0.2, 0.25) is 0 Å². The molecule has 1 amide bonds. The molecule has 0 saturated carbocycles. The maximum atomic E-state index is 13.4. The maximum Gasteiger partial charge on any atom is 0.240 e. The zero-order valence-corrected chi connectivity index (χ0v) is 13.1. The standard InChI is InChI=1S/C16H23FN4O/c1-3-5-8-19-15(22)10-21-14-7-6-11(17)9-13(14)20-16(21)12(18)4-2/h6-7,9,12H,3-5,8,10,18H2,1-2H3,(H,19,22). The highest BCUT2D eigenvalue weighted by molar-refractivity contribution is 5.81. The Balaban J connectivity index is 2.30. The maximum absolute atomic E-state index is 13.4. The number of imidazole rings is 1. The van der Waals surface area contributed by atoms with Crippen molar-refractivity contribution >= 4 is 16.9 Å². The summed E-state index contributed by atoms with van der Waals surface area (Å²) in [5.74, 6) is 0.191. The van der Waals surface area contributed by atoms with Gasteiger partial charge in [-0.25, -0.2) is 9.37 Å². The van der Waals surface area contributed by atoms with Crippen molar-refractivity contribution in [3.63, 3.8) is 0 Å². The molecular formula is C16H23FN4O. The molecule has 0 aliphatic carbocycles. The number of nitrogens with two attached hydrogens (primary N) is 1. The third-order valence-electron chi connectivity index (χ3n) is 3.67. The minimum absolute atomic E-state index is 0.0818. The van der Waals surface area contributed by atoms with Gasteiger partial charge in [-0.15, -0.1) is 0 Å². The van der Waals surface area contributed by atoms with Gasteiger partial charge in [0, 0.05) is 12.6 Å². The van der Waals surface area contributed by atoms with Crippen molar-refractivity contribution in [3.8, 4) is 0 Å². The van der Waals surface area contributed by atoms with Gasteiger partial charge in [-0.05, 0) is 25.0 Å². The Hall–Kier alpha value is -1.95. The lowest BCUT2D eigenvalue weighted by molar-refractivity contribution is -0.121. The van der Waals surface area contributed by atoms with Crippen molar-refractivity contribution in [2.75, 3.05) is 6.54 Å². The SMILES string of the molecule is CCCCNC(=O)Cn1c(C(N)CC)nc2cc(F)ccc21. The smallest absolute Gasteiger partial charge is 0.240 e. The fourth-order valence-electron chi connectivity index (χ4n) is 2.36. The van der Waals surface area contributed by atoms with E-state index in [1.165, 1.54) is 12.1 Å². The van der Waals surface area contributed by atoms with Gasteiger partial charge in [0.1, 0.15) is 18.2 Å². The van der Waals surface area contributed by atoms with Crippen molar-refractivity contribution in [1.82, 2.24) is 14.9 Å². The Morgan fingerprint density at radius 1 is 1.45 bits per heavy atom. The number of rotatable bonds is 7. The Morgan fingerprint density at radius 3 is 2.91 bits per heavy atom. The van der Waals surface area contributed by atoms with Gasteiger partial charge in [-0.1, -0.05) is 20.3 Å². The lowest BCUT2D eigenvalue weighted by atomic mass is 10.2. The Kier molecular flexibility index (Phi) is 5.49. The van der Waals surface area contributed by atoms with Crippen LogP contribution in [0.5, 0.6) is 0 Å². The normalized spacial score (nSPS) is 12.5. The van der Waals surface area contributed by atoms with Crippen molar-refractivity contribution in [2.24, 2.45) is 5.73 Å². The number of hydrogen-bond acceptors (Lipinski definition) is 3. The number of benzene rings is 1. The molecule has 22 heavy (non-hydrogen) atoms. The Labute approximate surface area is 129 Å². The fourth-order valence-corrected chi connectivity index (χ4v) is 2.36. The molecule has 2 rings (SSSR count). The van der Waals surface area contributed by atoms with E-state index < -0.39 is 0 Å². The number of aromatic nitrogens is 2. The van der Waals surface area contributed by atoms with Crippen LogP contribution in [0.4, 0.5) is 4.39 Å². The number of hydrogen-bond donors (Lipinski definition) is 2. The number of amides is 1. The van der Waals surface area contributed by atoms with Crippen LogP contribution in [0.15, 0.2) is 18.2 Å². The number of nitrogens with one attached hydrogen (secondary N) is 1. The van der Waals surface area contributed by atoms with E-state index in [9.17, 15) is 9.18 Å². The monoisotopic (exact) mass is 306 g/mol. The molecule has 2 aromatic rings. The summed E-state index contributed by atoms with van der Waals surface area (Å²) in [5.41, 5.74) is 7.34. The molecule has 1 unspecified atom stereocenters. The van der Waals surface area contributed by atoms with Gasteiger partial charge in [0.15, 0.2) is 0 Å². The molecule has 0 aliphatic rings. The summed E-state index contributed by atoms with van der Waals surface area (Å²) in [6, 6.07) is 4.10. The van der Waals surface area contributed by atoms with Gasteiger partial charge < -0.3 is 15.6 Å². The van der Waals surface area contributed by atoms with E-state index in [4.69, 9.17) is 5.73 Å². The molecule has 1 atom stereocenters. The minimum atomic E-state index is -0.346. The van der Waals surface area contributed by atoms with E-state index in [1.807, 2.05) is 6.92 Å². The van der Waals surface area contributed by atoms with Crippen LogP contribution in [0, 0.1) is 5.82 Å². The highest BCUT2D eigenvalue weighted by Crippen LogP contribution is 2.22. The van der Waals surface area contributed by atoms with Crippen molar-refractivity contribution in [1.29, 1.82) is 0 Å². The summed E-state index contributed by atoms with van der Waals surface area (Å²) in [6.07, 6.45) is 2.67. The second-order valence-electron chi connectivity index (χ2n) is 5.41. The fraction of sp³-hybridized carbons (Fsp3) is 0.500. The number of halogens is 1. The first-order valence-electron chi connectivity index (χ1n) is 7.74. The first kappa shape index (κ1) is 16.4. The van der Waals surface area contributed by atoms with Crippen molar-refractivity contribution in [3.05, 3.63) is 29.8 Å². The van der Waals surface area contributed by atoms with Crippen LogP contribution in [0.1, 0.15) is 45.0 Å². The Bertz CT molecular complexity index is 653. The summed E-state index contributed by atoms with van der Waals surface area (Å²) >= 11 is 0. The third kappa shape index (κ3) is 3.62. The molecule has 0 fully saturated rings. The van der Waals surface area contributed by atoms with E-state index in [0.717, 1.165) is 18.4 Å². The lowest BCUT2D eigenvalue weighted by Crippen LogP contribution is -2.30. The average Bonchev–Trinajstić information content (AvgIpc) is 2.84. The molecule has 0 radical (unpaired) electrons. The van der Waals surface area contributed by atoms with Crippen LogP contribution in [0.25, 0.3) is 11.0 Å². The number of carbonyl (C=O) groups is 1. The number of nitrogens with zero attached hydrogens (tertiary/aromatic N) is 2. The summed E-state index contributed by atoms with van der Waals surface area (Å²) in [4.78, 5) is 16.5. The van der Waals surface area contributed by atoms with Gasteiger partial charge in [0.05, 0.1) is 17.1 Å². The van der Waals surface area contributed by atoms with Crippen LogP contribution in [-0.2, 0) is 11.3 Å². The zero-order valence-electron chi connectivity index (χ0n) is 13.1. The van der Waals surface area contributed by atoms with Crippen molar-refractivity contribution < 1.29 is 9.18 Å². The van der Waals surface area contributed by atoms with E-state index in [0.29, 0.717) is 24.3 Å². The predicted molar refractivity (Wildman–Crippen MR) is 84.8 cm³/mol. The van der Waals surface area contributed by atoms with Gasteiger partial charge in [0.2, 0.25) is 5.91 Å². The summed E-state index contributed by atoms with van der Waals surface area (Å²) < 4.78 is 15.2. The molecule has 0 spiro atoms. The van der Waals surface area contributed by atoms with Crippen LogP contribution >= 0.6 is 0 Å². The molecule has 6 heteroatoms. The summed E-state index contributed by atoms with van der Waals surface area (Å²) in [6.45, 7) is 4.83. The number of carbonyl (C=O) groups excluding carboxylic acids is 1. The molecule has 3 N–H and O–H groups in total. The zero-order chi connectivity index (χ0) is 16.1. The quantitative estimate of drug-likeness (QED) is 0.772. The predicted octanol–water partition coefficient (Wildman–Crippen LogP) is 2.50. The van der Waals surface area contributed by atoms with Gasteiger partial charge in [0.25, 0.3) is 0 Å². The van der Waals surface area contributed by atoms with Gasteiger partial charge >= 0.3 is 0 Å². The van der Waals surface area contributed by atoms with E-state index in [1.54, 1.807) is 10.6 Å². The van der Waals surface area contributed by atoms with Crippen LogP contribution < -0.4 is 11.1 Å². The molecular weight excluding hydrogens is 283 g/mol. The highest BCUT2D eigenvalue weighted by Gasteiger charge is 2.18. The van der Waals surface area contributed by atoms with Gasteiger partial charge in [-0.3, -0.25) is 4.79 Å². The van der Waals surface area contributed by atoms with E-state index in [-0.39, 0.29) is 24.3 Å². The first-order chi connectivity index (χ1) is 10.6. The topological polar surface area (TPSA) is 72.9 Å². The van der Waals surface area contributed by atoms with E-state index >= 15 is 0 Å². The number of fused-ring (bicyclic) bond motifs is 1. The molecule has 1 heterocycles. The molecule has 0 aliphatic heterocycles. The Morgan fingerprint density at radius 2 is 2.23 bits per heavy atom. The first-order valence-corrected chi connectivity index (χ1v) is 7.74. The molecule has 0 saturated heterocycles. The molecule has 120 valence electrons. The molecule has 0 bridgehead atoms. The third-order valence-corrected chi connectivity index (χ3v) is 3.67. The van der Waals surface area contributed by atoms with Crippen LogP contribution in [-0.4, -0.2) is 22.0 Å². The summed E-state index contributed by atoms with van der Waals surface area (Å²) in [5, 5.41) is 2.88.